The fourth-order valence-electron chi connectivity index (χ4n) is 3.53. The fraction of sp³-hybridized carbons (Fsp3) is 0.300. The molecule has 0 unspecified atom stereocenters. The molecule has 0 spiro atoms. The first-order valence-electron chi connectivity index (χ1n) is 9.29. The number of amides is 1. The number of nitrogens with one attached hydrogen (secondary N) is 1. The molecule has 2 aliphatic heterocycles. The Morgan fingerprint density at radius 3 is 2.71 bits per heavy atom. The number of carbonyl (C=O) groups excluding carboxylic acids is 1. The summed E-state index contributed by atoms with van der Waals surface area (Å²) >= 11 is 1.68. The minimum absolute atomic E-state index is 0.0181. The molecule has 8 heteroatoms. The Balaban J connectivity index is 1.20. The minimum Gasteiger partial charge on any atom is -0.485 e. The largest absolute Gasteiger partial charge is 0.485 e. The summed E-state index contributed by atoms with van der Waals surface area (Å²) in [5.74, 6) is 2.22. The van der Waals surface area contributed by atoms with Crippen LogP contribution >= 0.6 is 11.3 Å². The van der Waals surface area contributed by atoms with Gasteiger partial charge in [-0.15, -0.1) is 11.3 Å². The van der Waals surface area contributed by atoms with Crippen molar-refractivity contribution in [1.29, 1.82) is 0 Å². The SMILES string of the molecule is O=C([C@H]1COc2ccccc2O1)N1CCN(c2cc(-c3cccs3)[nH]n2)CC1. The number of aromatic amines is 1. The highest BCUT2D eigenvalue weighted by Gasteiger charge is 2.33. The minimum atomic E-state index is -0.586. The smallest absolute Gasteiger partial charge is 0.267 e. The highest BCUT2D eigenvalue weighted by Crippen LogP contribution is 2.31. The van der Waals surface area contributed by atoms with E-state index in [0.717, 1.165) is 24.6 Å². The summed E-state index contributed by atoms with van der Waals surface area (Å²) in [4.78, 5) is 18.1. The molecule has 3 aromatic rings. The van der Waals surface area contributed by atoms with Gasteiger partial charge < -0.3 is 19.3 Å². The Hall–Kier alpha value is -3.00. The first kappa shape index (κ1) is 17.1. The molecule has 5 rings (SSSR count). The van der Waals surface area contributed by atoms with Gasteiger partial charge in [0.05, 0.1) is 10.6 Å². The molecule has 0 aliphatic carbocycles. The van der Waals surface area contributed by atoms with E-state index in [1.165, 1.54) is 4.88 Å². The van der Waals surface area contributed by atoms with E-state index in [2.05, 4.69) is 32.6 Å². The number of carbonyl (C=O) groups is 1. The van der Waals surface area contributed by atoms with E-state index in [9.17, 15) is 4.79 Å². The number of rotatable bonds is 3. The highest BCUT2D eigenvalue weighted by atomic mass is 32.1. The number of hydrogen-bond donors (Lipinski definition) is 1. The number of para-hydroxylation sites is 2. The summed E-state index contributed by atoms with van der Waals surface area (Å²) in [7, 11) is 0. The lowest BCUT2D eigenvalue weighted by atomic mass is 10.2. The predicted molar refractivity (Wildman–Crippen MR) is 107 cm³/mol. The van der Waals surface area contributed by atoms with E-state index in [1.54, 1.807) is 11.3 Å². The molecule has 1 amide bonds. The number of H-pyrrole nitrogens is 1. The molecule has 1 saturated heterocycles. The second-order valence-corrected chi connectivity index (χ2v) is 7.74. The van der Waals surface area contributed by atoms with Crippen LogP contribution in [0.3, 0.4) is 0 Å². The van der Waals surface area contributed by atoms with Crippen molar-refractivity contribution < 1.29 is 14.3 Å². The summed E-state index contributed by atoms with van der Waals surface area (Å²) in [6.45, 7) is 3.01. The van der Waals surface area contributed by atoms with Gasteiger partial charge in [-0.25, -0.2) is 0 Å². The molecular weight excluding hydrogens is 376 g/mol. The summed E-state index contributed by atoms with van der Waals surface area (Å²) in [6.07, 6.45) is -0.586. The lowest BCUT2D eigenvalue weighted by Gasteiger charge is -2.37. The zero-order chi connectivity index (χ0) is 18.9. The molecule has 1 aromatic carbocycles. The molecule has 7 nitrogen and oxygen atoms in total. The molecule has 2 aromatic heterocycles. The molecule has 0 saturated carbocycles. The summed E-state index contributed by atoms with van der Waals surface area (Å²) in [5, 5.41) is 9.59. The Morgan fingerprint density at radius 1 is 1.11 bits per heavy atom. The van der Waals surface area contributed by atoms with Crippen LogP contribution in [0.5, 0.6) is 11.5 Å². The molecule has 28 heavy (non-hydrogen) atoms. The fourth-order valence-corrected chi connectivity index (χ4v) is 4.22. The van der Waals surface area contributed by atoms with Crippen LogP contribution in [0.2, 0.25) is 0 Å². The number of aromatic nitrogens is 2. The highest BCUT2D eigenvalue weighted by molar-refractivity contribution is 7.13. The van der Waals surface area contributed by atoms with Crippen LogP contribution in [-0.4, -0.2) is 59.9 Å². The van der Waals surface area contributed by atoms with E-state index in [-0.39, 0.29) is 12.5 Å². The molecule has 0 bridgehead atoms. The van der Waals surface area contributed by atoms with Gasteiger partial charge in [0.15, 0.2) is 17.3 Å². The monoisotopic (exact) mass is 396 g/mol. The third-order valence-corrected chi connectivity index (χ3v) is 5.95. The van der Waals surface area contributed by atoms with E-state index >= 15 is 0 Å². The molecule has 4 heterocycles. The van der Waals surface area contributed by atoms with Gasteiger partial charge in [-0.05, 0) is 23.6 Å². The molecule has 1 N–H and O–H groups in total. The van der Waals surface area contributed by atoms with Gasteiger partial charge in [-0.2, -0.15) is 5.10 Å². The number of ether oxygens (including phenoxy) is 2. The normalized spacial score (nSPS) is 18.9. The Labute approximate surface area is 166 Å². The van der Waals surface area contributed by atoms with Crippen molar-refractivity contribution in [2.45, 2.75) is 6.10 Å². The van der Waals surface area contributed by atoms with Crippen LogP contribution in [-0.2, 0) is 4.79 Å². The van der Waals surface area contributed by atoms with Crippen molar-refractivity contribution >= 4 is 23.1 Å². The van der Waals surface area contributed by atoms with Crippen LogP contribution < -0.4 is 14.4 Å². The summed E-state index contributed by atoms with van der Waals surface area (Å²) in [5.41, 5.74) is 1.02. The number of anilines is 1. The van der Waals surface area contributed by atoms with Crippen LogP contribution in [0.15, 0.2) is 47.8 Å². The van der Waals surface area contributed by atoms with E-state index in [1.807, 2.05) is 35.2 Å². The average Bonchev–Trinajstić information content (AvgIpc) is 3.45. The second-order valence-electron chi connectivity index (χ2n) is 6.79. The average molecular weight is 396 g/mol. The van der Waals surface area contributed by atoms with Gasteiger partial charge in [0.1, 0.15) is 6.61 Å². The topological polar surface area (TPSA) is 70.7 Å². The zero-order valence-electron chi connectivity index (χ0n) is 15.2. The first-order valence-corrected chi connectivity index (χ1v) is 10.2. The van der Waals surface area contributed by atoms with Gasteiger partial charge in [0.25, 0.3) is 5.91 Å². The first-order chi connectivity index (χ1) is 13.8. The predicted octanol–water partition coefficient (Wildman–Crippen LogP) is 2.63. The van der Waals surface area contributed by atoms with Crippen LogP contribution in [0, 0.1) is 0 Å². The molecular formula is C20H20N4O3S. The van der Waals surface area contributed by atoms with Crippen LogP contribution in [0.4, 0.5) is 5.82 Å². The van der Waals surface area contributed by atoms with E-state index < -0.39 is 6.10 Å². The quantitative estimate of drug-likeness (QED) is 0.737. The number of fused-ring (bicyclic) bond motifs is 1. The van der Waals surface area contributed by atoms with Crippen molar-refractivity contribution in [3.63, 3.8) is 0 Å². The molecule has 2 aliphatic rings. The molecule has 0 radical (unpaired) electrons. The second kappa shape index (κ2) is 7.20. The van der Waals surface area contributed by atoms with Crippen molar-refractivity contribution in [3.05, 3.63) is 47.8 Å². The maximum atomic E-state index is 12.8. The number of thiophene rings is 1. The molecule has 1 fully saturated rings. The van der Waals surface area contributed by atoms with Gasteiger partial charge in [-0.1, -0.05) is 18.2 Å². The van der Waals surface area contributed by atoms with E-state index in [0.29, 0.717) is 24.6 Å². The van der Waals surface area contributed by atoms with Crippen molar-refractivity contribution in [2.24, 2.45) is 0 Å². The maximum absolute atomic E-state index is 12.8. The van der Waals surface area contributed by atoms with Crippen LogP contribution in [0.25, 0.3) is 10.6 Å². The Bertz CT molecular complexity index is 964. The van der Waals surface area contributed by atoms with Crippen molar-refractivity contribution in [1.82, 2.24) is 15.1 Å². The molecule has 144 valence electrons. The van der Waals surface area contributed by atoms with Crippen LogP contribution in [0.1, 0.15) is 0 Å². The maximum Gasteiger partial charge on any atom is 0.267 e. The Kier molecular flexibility index (Phi) is 4.40. The third kappa shape index (κ3) is 3.20. The van der Waals surface area contributed by atoms with E-state index in [4.69, 9.17) is 9.47 Å². The number of hydrogen-bond acceptors (Lipinski definition) is 6. The Morgan fingerprint density at radius 2 is 1.93 bits per heavy atom. The number of nitrogens with zero attached hydrogens (tertiary/aromatic N) is 3. The van der Waals surface area contributed by atoms with Gasteiger partial charge in [0.2, 0.25) is 6.10 Å². The summed E-state index contributed by atoms with van der Waals surface area (Å²) in [6, 6.07) is 13.6. The van der Waals surface area contributed by atoms with Gasteiger partial charge in [0, 0.05) is 32.2 Å². The van der Waals surface area contributed by atoms with Crippen molar-refractivity contribution in [2.75, 3.05) is 37.7 Å². The molecule has 1 atom stereocenters. The lowest BCUT2D eigenvalue weighted by Crippen LogP contribution is -2.54. The lowest BCUT2D eigenvalue weighted by molar-refractivity contribution is -0.141. The van der Waals surface area contributed by atoms with Crippen molar-refractivity contribution in [3.8, 4) is 22.1 Å². The summed E-state index contributed by atoms with van der Waals surface area (Å²) < 4.78 is 11.5. The number of benzene rings is 1. The zero-order valence-corrected chi connectivity index (χ0v) is 16.0. The standard InChI is InChI=1S/C20H20N4O3S/c25-20(17-13-26-15-4-1-2-5-16(15)27-17)24-9-7-23(8-10-24)19-12-14(21-22-19)18-6-3-11-28-18/h1-6,11-12,17H,7-10,13H2,(H,21,22)/t17-/m1/s1. The van der Waals surface area contributed by atoms with Gasteiger partial charge >= 0.3 is 0 Å². The van der Waals surface area contributed by atoms with Gasteiger partial charge in [-0.3, -0.25) is 9.89 Å². The third-order valence-electron chi connectivity index (χ3n) is 5.05. The number of piperazine rings is 1.